The summed E-state index contributed by atoms with van der Waals surface area (Å²) in [6.07, 6.45) is 1.50. The lowest BCUT2D eigenvalue weighted by molar-refractivity contribution is -0.138. The molecule has 0 amide bonds. The molecule has 1 heterocycles. The van der Waals surface area contributed by atoms with E-state index in [9.17, 15) is 13.2 Å². The van der Waals surface area contributed by atoms with E-state index < -0.39 is 22.0 Å². The Morgan fingerprint density at radius 2 is 2.05 bits per heavy atom. The van der Waals surface area contributed by atoms with Gasteiger partial charge in [0.1, 0.15) is 10.9 Å². The first-order valence-corrected chi connectivity index (χ1v) is 7.41. The lowest BCUT2D eigenvalue weighted by atomic mass is 10.1. The number of aryl methyl sites for hydroxylation is 1. The van der Waals surface area contributed by atoms with Gasteiger partial charge in [0, 0.05) is 11.6 Å². The first kappa shape index (κ1) is 14.4. The van der Waals surface area contributed by atoms with Gasteiger partial charge in [-0.05, 0) is 25.5 Å². The number of carboxylic acid groups (broad SMARTS) is 1. The maximum absolute atomic E-state index is 12.4. The van der Waals surface area contributed by atoms with Crippen LogP contribution in [0.15, 0.2) is 35.4 Å². The van der Waals surface area contributed by atoms with E-state index in [1.54, 1.807) is 31.2 Å². The van der Waals surface area contributed by atoms with E-state index in [-0.39, 0.29) is 4.90 Å². The third-order valence-electron chi connectivity index (χ3n) is 2.90. The van der Waals surface area contributed by atoms with Gasteiger partial charge < -0.3 is 5.11 Å². The van der Waals surface area contributed by atoms with E-state index in [0.717, 1.165) is 0 Å². The van der Waals surface area contributed by atoms with Crippen molar-refractivity contribution in [1.82, 2.24) is 9.71 Å². The Balaban J connectivity index is 2.62. The minimum absolute atomic E-state index is 0.0173. The minimum atomic E-state index is -3.96. The number of carboxylic acids is 1. The fraction of sp³-hybridized carbons (Fsp3) is 0.231. The summed E-state index contributed by atoms with van der Waals surface area (Å²) in [5, 5.41) is 9.51. The average molecular weight is 294 g/mol. The summed E-state index contributed by atoms with van der Waals surface area (Å²) in [5.74, 6) is -1.24. The molecule has 6 nitrogen and oxygen atoms in total. The van der Waals surface area contributed by atoms with Crippen molar-refractivity contribution in [2.45, 2.75) is 24.8 Å². The van der Waals surface area contributed by atoms with Gasteiger partial charge >= 0.3 is 5.97 Å². The van der Waals surface area contributed by atoms with E-state index in [4.69, 9.17) is 5.11 Å². The Hall–Kier alpha value is -1.99. The number of aromatic nitrogens is 1. The molecule has 1 atom stereocenters. The van der Waals surface area contributed by atoms with Gasteiger partial charge in [0.15, 0.2) is 0 Å². The van der Waals surface area contributed by atoms with Crippen LogP contribution in [0.1, 0.15) is 12.5 Å². The number of pyridine rings is 1. The molecule has 0 fully saturated rings. The van der Waals surface area contributed by atoms with Crippen molar-refractivity contribution in [2.24, 2.45) is 0 Å². The highest BCUT2D eigenvalue weighted by molar-refractivity contribution is 7.89. The summed E-state index contributed by atoms with van der Waals surface area (Å²) in [7, 11) is -3.96. The van der Waals surface area contributed by atoms with Gasteiger partial charge in [-0.1, -0.05) is 18.2 Å². The zero-order valence-corrected chi connectivity index (χ0v) is 11.8. The molecule has 0 saturated carbocycles. The molecule has 1 aromatic heterocycles. The van der Waals surface area contributed by atoms with Crippen molar-refractivity contribution in [2.75, 3.05) is 0 Å². The number of nitrogens with one attached hydrogen (secondary N) is 1. The van der Waals surface area contributed by atoms with E-state index in [2.05, 4.69) is 9.71 Å². The molecule has 0 saturated heterocycles. The molecular weight excluding hydrogens is 280 g/mol. The van der Waals surface area contributed by atoms with Gasteiger partial charge in [0.25, 0.3) is 0 Å². The zero-order valence-electron chi connectivity index (χ0n) is 11.0. The lowest BCUT2D eigenvalue weighted by Gasteiger charge is -2.13. The van der Waals surface area contributed by atoms with Crippen LogP contribution >= 0.6 is 0 Å². The Morgan fingerprint density at radius 3 is 2.70 bits per heavy atom. The molecule has 0 aliphatic rings. The Kier molecular flexibility index (Phi) is 3.74. The summed E-state index contributed by atoms with van der Waals surface area (Å²) in [6.45, 7) is 2.92. The molecular formula is C13H14N2O4S. The summed E-state index contributed by atoms with van der Waals surface area (Å²) < 4.78 is 26.9. The molecule has 0 aliphatic carbocycles. The van der Waals surface area contributed by atoms with Crippen LogP contribution in [0.2, 0.25) is 0 Å². The van der Waals surface area contributed by atoms with Gasteiger partial charge in [0.2, 0.25) is 10.0 Å². The number of nitrogens with zero attached hydrogens (tertiary/aromatic N) is 1. The van der Waals surface area contributed by atoms with E-state index in [1.165, 1.54) is 13.1 Å². The molecule has 20 heavy (non-hydrogen) atoms. The topological polar surface area (TPSA) is 96.4 Å². The molecule has 2 N–H and O–H groups in total. The van der Waals surface area contributed by atoms with Crippen LogP contribution in [0.3, 0.4) is 0 Å². The normalized spacial score (nSPS) is 13.3. The highest BCUT2D eigenvalue weighted by Crippen LogP contribution is 2.24. The Labute approximate surface area is 116 Å². The van der Waals surface area contributed by atoms with Crippen molar-refractivity contribution in [3.05, 3.63) is 36.0 Å². The molecule has 106 valence electrons. The number of carbonyl (C=O) groups is 1. The Morgan fingerprint density at radius 1 is 1.35 bits per heavy atom. The van der Waals surface area contributed by atoms with Crippen LogP contribution in [0.4, 0.5) is 0 Å². The van der Waals surface area contributed by atoms with Crippen molar-refractivity contribution >= 4 is 26.9 Å². The first-order chi connectivity index (χ1) is 9.33. The third-order valence-corrected chi connectivity index (χ3v) is 4.61. The summed E-state index contributed by atoms with van der Waals surface area (Å²) in [4.78, 5) is 14.9. The van der Waals surface area contributed by atoms with E-state index in [0.29, 0.717) is 16.5 Å². The SMILES string of the molecule is Cc1ccc2cccnc2c1S(=O)(=O)N[C@@H](C)C(=O)O. The predicted molar refractivity (Wildman–Crippen MR) is 73.9 cm³/mol. The fourth-order valence-electron chi connectivity index (χ4n) is 1.90. The molecule has 0 radical (unpaired) electrons. The van der Waals surface area contributed by atoms with E-state index >= 15 is 0 Å². The van der Waals surface area contributed by atoms with Crippen LogP contribution < -0.4 is 4.72 Å². The number of hydrogen-bond acceptors (Lipinski definition) is 4. The first-order valence-electron chi connectivity index (χ1n) is 5.92. The van der Waals surface area contributed by atoms with Crippen molar-refractivity contribution in [3.63, 3.8) is 0 Å². The van der Waals surface area contributed by atoms with Crippen LogP contribution in [-0.2, 0) is 14.8 Å². The molecule has 7 heteroatoms. The predicted octanol–water partition coefficient (Wildman–Crippen LogP) is 1.29. The van der Waals surface area contributed by atoms with Crippen molar-refractivity contribution < 1.29 is 18.3 Å². The zero-order chi connectivity index (χ0) is 14.9. The molecule has 0 unspecified atom stereocenters. The fourth-order valence-corrected chi connectivity index (χ4v) is 3.50. The molecule has 1 aromatic carbocycles. The summed E-state index contributed by atoms with van der Waals surface area (Å²) in [6, 6.07) is 5.70. The van der Waals surface area contributed by atoms with Gasteiger partial charge in [-0.2, -0.15) is 4.72 Å². The number of sulfonamides is 1. The average Bonchev–Trinajstić information content (AvgIpc) is 2.37. The van der Waals surface area contributed by atoms with E-state index in [1.807, 2.05) is 0 Å². The summed E-state index contributed by atoms with van der Waals surface area (Å²) >= 11 is 0. The third kappa shape index (κ3) is 2.63. The van der Waals surface area contributed by atoms with Crippen LogP contribution in [-0.4, -0.2) is 30.5 Å². The molecule has 2 aromatic rings. The maximum Gasteiger partial charge on any atom is 0.321 e. The van der Waals surface area contributed by atoms with Gasteiger partial charge in [-0.3, -0.25) is 9.78 Å². The highest BCUT2D eigenvalue weighted by Gasteiger charge is 2.25. The number of fused-ring (bicyclic) bond motifs is 1. The summed E-state index contributed by atoms with van der Waals surface area (Å²) in [5.41, 5.74) is 0.846. The number of benzene rings is 1. The second-order valence-electron chi connectivity index (χ2n) is 4.47. The molecule has 2 rings (SSSR count). The van der Waals surface area contributed by atoms with Crippen molar-refractivity contribution in [3.8, 4) is 0 Å². The lowest BCUT2D eigenvalue weighted by Crippen LogP contribution is -2.38. The largest absolute Gasteiger partial charge is 0.480 e. The van der Waals surface area contributed by atoms with Gasteiger partial charge in [0.05, 0.1) is 5.52 Å². The van der Waals surface area contributed by atoms with Crippen LogP contribution in [0, 0.1) is 6.92 Å². The highest BCUT2D eigenvalue weighted by atomic mass is 32.2. The smallest absolute Gasteiger partial charge is 0.321 e. The van der Waals surface area contributed by atoms with Crippen LogP contribution in [0.25, 0.3) is 10.9 Å². The van der Waals surface area contributed by atoms with Crippen LogP contribution in [0.5, 0.6) is 0 Å². The number of rotatable bonds is 4. The number of hydrogen-bond donors (Lipinski definition) is 2. The quantitative estimate of drug-likeness (QED) is 0.886. The second-order valence-corrected chi connectivity index (χ2v) is 6.12. The molecule has 0 spiro atoms. The van der Waals surface area contributed by atoms with Gasteiger partial charge in [-0.25, -0.2) is 8.42 Å². The van der Waals surface area contributed by atoms with Gasteiger partial charge in [-0.15, -0.1) is 0 Å². The standard InChI is InChI=1S/C13H14N2O4S/c1-8-5-6-10-4-3-7-14-11(10)12(8)20(18,19)15-9(2)13(16)17/h3-7,9,15H,1-2H3,(H,16,17)/t9-/m0/s1. The second kappa shape index (κ2) is 5.18. The van der Waals surface area contributed by atoms with Crippen molar-refractivity contribution in [1.29, 1.82) is 0 Å². The number of aliphatic carboxylic acids is 1. The molecule has 0 aliphatic heterocycles. The molecule has 0 bridgehead atoms. The minimum Gasteiger partial charge on any atom is -0.480 e. The maximum atomic E-state index is 12.4. The Bertz CT molecular complexity index is 771. The monoisotopic (exact) mass is 294 g/mol.